The van der Waals surface area contributed by atoms with Crippen molar-refractivity contribution >= 4 is 39.1 Å². The van der Waals surface area contributed by atoms with Crippen molar-refractivity contribution < 1.29 is 22.7 Å². The van der Waals surface area contributed by atoms with E-state index in [-0.39, 0.29) is 20.8 Å². The van der Waals surface area contributed by atoms with E-state index in [4.69, 9.17) is 32.7 Å². The van der Waals surface area contributed by atoms with E-state index in [0.717, 1.165) is 0 Å². The summed E-state index contributed by atoms with van der Waals surface area (Å²) >= 11 is 11.4. The summed E-state index contributed by atoms with van der Waals surface area (Å²) in [6.07, 6.45) is 0. The predicted molar refractivity (Wildman–Crippen MR) is 89.5 cm³/mol. The Bertz CT molecular complexity index is 936. The van der Waals surface area contributed by atoms with Crippen molar-refractivity contribution in [3.8, 4) is 11.5 Å². The minimum Gasteiger partial charge on any atom is -0.486 e. The van der Waals surface area contributed by atoms with E-state index in [2.05, 4.69) is 10.4 Å². The summed E-state index contributed by atoms with van der Waals surface area (Å²) in [7, 11) is -4.12. The normalized spacial score (nSPS) is 13.4. The Labute approximate surface area is 153 Å². The van der Waals surface area contributed by atoms with Crippen molar-refractivity contribution in [2.24, 2.45) is 0 Å². The molecule has 1 aromatic heterocycles. The van der Waals surface area contributed by atoms with Gasteiger partial charge < -0.3 is 9.47 Å². The third-order valence-electron chi connectivity index (χ3n) is 3.17. The highest BCUT2D eigenvalue weighted by atomic mass is 35.5. The molecule has 1 aliphatic rings. The van der Waals surface area contributed by atoms with Gasteiger partial charge in [0.1, 0.15) is 23.3 Å². The van der Waals surface area contributed by atoms with Crippen LogP contribution in [0, 0.1) is 0 Å². The van der Waals surface area contributed by atoms with Crippen LogP contribution in [0.3, 0.4) is 0 Å². The largest absolute Gasteiger partial charge is 0.486 e. The van der Waals surface area contributed by atoms with Crippen molar-refractivity contribution in [3.63, 3.8) is 0 Å². The van der Waals surface area contributed by atoms with E-state index in [0.29, 0.717) is 24.7 Å². The van der Waals surface area contributed by atoms with Gasteiger partial charge in [-0.05, 0) is 30.3 Å². The Morgan fingerprint density at radius 3 is 2.52 bits per heavy atom. The zero-order chi connectivity index (χ0) is 18.0. The minimum atomic E-state index is -4.12. The van der Waals surface area contributed by atoms with Gasteiger partial charge in [-0.15, -0.1) is 4.83 Å². The van der Waals surface area contributed by atoms with Gasteiger partial charge in [-0.25, -0.2) is 13.4 Å². The van der Waals surface area contributed by atoms with Crippen LogP contribution in [-0.4, -0.2) is 32.5 Å². The van der Waals surface area contributed by atoms with Crippen LogP contribution in [0.25, 0.3) is 0 Å². The molecule has 1 aliphatic heterocycles. The fraction of sp³-hybridized carbons (Fsp3) is 0.143. The van der Waals surface area contributed by atoms with Crippen LogP contribution in [0.1, 0.15) is 10.4 Å². The van der Waals surface area contributed by atoms with Crippen LogP contribution < -0.4 is 19.7 Å². The maximum atomic E-state index is 12.2. The SMILES string of the molecule is O=C(NNS(=O)(=O)c1ccc(Cl)nc1Cl)c1ccc2c(c1)OCCO2. The van der Waals surface area contributed by atoms with Gasteiger partial charge in [0.2, 0.25) is 0 Å². The Kier molecular flexibility index (Phi) is 5.00. The van der Waals surface area contributed by atoms with Crippen LogP contribution >= 0.6 is 23.2 Å². The first-order chi connectivity index (χ1) is 11.9. The average molecular weight is 404 g/mol. The molecule has 1 aromatic carbocycles. The molecule has 0 saturated carbocycles. The van der Waals surface area contributed by atoms with E-state index in [9.17, 15) is 13.2 Å². The molecular weight excluding hydrogens is 393 g/mol. The number of rotatable bonds is 4. The number of carbonyl (C=O) groups excluding carboxylic acids is 1. The number of ether oxygens (including phenoxy) is 2. The molecule has 132 valence electrons. The number of aromatic nitrogens is 1. The lowest BCUT2D eigenvalue weighted by Crippen LogP contribution is -2.41. The number of nitrogens with zero attached hydrogens (tertiary/aromatic N) is 1. The third-order valence-corrected chi connectivity index (χ3v) is 5.06. The van der Waals surface area contributed by atoms with E-state index >= 15 is 0 Å². The molecule has 2 N–H and O–H groups in total. The second kappa shape index (κ2) is 7.04. The van der Waals surface area contributed by atoms with Gasteiger partial charge >= 0.3 is 0 Å². The third kappa shape index (κ3) is 3.96. The Morgan fingerprint density at radius 1 is 1.08 bits per heavy atom. The predicted octanol–water partition coefficient (Wildman–Crippen LogP) is 1.78. The van der Waals surface area contributed by atoms with E-state index < -0.39 is 15.9 Å². The summed E-state index contributed by atoms with van der Waals surface area (Å²) in [6, 6.07) is 6.95. The Hall–Kier alpha value is -2.07. The number of nitrogens with one attached hydrogen (secondary N) is 2. The van der Waals surface area contributed by atoms with E-state index in [1.54, 1.807) is 6.07 Å². The number of fused-ring (bicyclic) bond motifs is 1. The van der Waals surface area contributed by atoms with Crippen LogP contribution in [-0.2, 0) is 10.0 Å². The highest BCUT2D eigenvalue weighted by Gasteiger charge is 2.21. The average Bonchev–Trinajstić information content (AvgIpc) is 2.59. The van der Waals surface area contributed by atoms with Gasteiger partial charge in [-0.2, -0.15) is 0 Å². The summed E-state index contributed by atoms with van der Waals surface area (Å²) < 4.78 is 35.1. The molecule has 0 radical (unpaired) electrons. The van der Waals surface area contributed by atoms with Gasteiger partial charge in [-0.1, -0.05) is 23.2 Å². The maximum absolute atomic E-state index is 12.2. The van der Waals surface area contributed by atoms with Crippen molar-refractivity contribution in [1.82, 2.24) is 15.2 Å². The van der Waals surface area contributed by atoms with Crippen molar-refractivity contribution in [2.75, 3.05) is 13.2 Å². The molecule has 2 aromatic rings. The number of hydrazine groups is 1. The molecule has 25 heavy (non-hydrogen) atoms. The van der Waals surface area contributed by atoms with Gasteiger partial charge in [0, 0.05) is 5.56 Å². The molecular formula is C14H11Cl2N3O5S. The minimum absolute atomic E-state index is 0.0456. The molecule has 1 amide bonds. The van der Waals surface area contributed by atoms with Gasteiger partial charge in [-0.3, -0.25) is 10.2 Å². The molecule has 0 bridgehead atoms. The Morgan fingerprint density at radius 2 is 1.80 bits per heavy atom. The fourth-order valence-corrected chi connectivity index (χ4v) is 3.53. The first-order valence-corrected chi connectivity index (χ1v) is 9.14. The number of halogens is 2. The number of hydrogen-bond acceptors (Lipinski definition) is 6. The Balaban J connectivity index is 1.73. The molecule has 0 aliphatic carbocycles. The number of pyridine rings is 1. The summed E-state index contributed by atoms with van der Waals surface area (Å²) in [5.74, 6) is 0.243. The highest BCUT2D eigenvalue weighted by Crippen LogP contribution is 2.30. The highest BCUT2D eigenvalue weighted by molar-refractivity contribution is 7.89. The van der Waals surface area contributed by atoms with Crippen molar-refractivity contribution in [1.29, 1.82) is 0 Å². The van der Waals surface area contributed by atoms with Gasteiger partial charge in [0.15, 0.2) is 16.7 Å². The maximum Gasteiger partial charge on any atom is 0.266 e. The van der Waals surface area contributed by atoms with Gasteiger partial charge in [0.25, 0.3) is 15.9 Å². The second-order valence-electron chi connectivity index (χ2n) is 4.84. The van der Waals surface area contributed by atoms with E-state index in [1.165, 1.54) is 24.3 Å². The number of sulfonamides is 1. The summed E-state index contributed by atoms with van der Waals surface area (Å²) in [6.45, 7) is 0.793. The molecule has 0 fully saturated rings. The smallest absolute Gasteiger partial charge is 0.266 e. The van der Waals surface area contributed by atoms with Crippen LogP contribution in [0.4, 0.5) is 0 Å². The summed E-state index contributed by atoms with van der Waals surface area (Å²) in [5, 5.41) is -0.266. The lowest BCUT2D eigenvalue weighted by atomic mass is 10.2. The zero-order valence-corrected chi connectivity index (χ0v) is 14.8. The summed E-state index contributed by atoms with van der Waals surface area (Å²) in [5.41, 5.74) is 2.28. The van der Waals surface area contributed by atoms with Crippen LogP contribution in [0.5, 0.6) is 11.5 Å². The zero-order valence-electron chi connectivity index (χ0n) is 12.5. The standard InChI is InChI=1S/C14H11Cl2N3O5S/c15-12-4-3-11(13(16)17-12)25(21,22)19-18-14(20)8-1-2-9-10(7-8)24-6-5-23-9/h1-4,7,19H,5-6H2,(H,18,20). The summed E-state index contributed by atoms with van der Waals surface area (Å²) in [4.78, 5) is 17.4. The monoisotopic (exact) mass is 403 g/mol. The molecule has 0 spiro atoms. The molecule has 11 heteroatoms. The second-order valence-corrected chi connectivity index (χ2v) is 7.24. The number of amides is 1. The van der Waals surface area contributed by atoms with Crippen molar-refractivity contribution in [2.45, 2.75) is 4.90 Å². The lowest BCUT2D eigenvalue weighted by Gasteiger charge is -2.18. The topological polar surface area (TPSA) is 107 Å². The molecule has 2 heterocycles. The van der Waals surface area contributed by atoms with Crippen LogP contribution in [0.2, 0.25) is 10.3 Å². The lowest BCUT2D eigenvalue weighted by molar-refractivity contribution is 0.0944. The molecule has 8 nitrogen and oxygen atoms in total. The number of benzene rings is 1. The van der Waals surface area contributed by atoms with E-state index in [1.807, 2.05) is 4.83 Å². The number of carbonyl (C=O) groups is 1. The van der Waals surface area contributed by atoms with Gasteiger partial charge in [0.05, 0.1) is 0 Å². The fourth-order valence-electron chi connectivity index (χ4n) is 2.03. The molecule has 0 atom stereocenters. The molecule has 3 rings (SSSR count). The quantitative estimate of drug-likeness (QED) is 0.595. The van der Waals surface area contributed by atoms with Crippen molar-refractivity contribution in [3.05, 3.63) is 46.2 Å². The van der Waals surface area contributed by atoms with Crippen LogP contribution in [0.15, 0.2) is 35.2 Å². The first-order valence-electron chi connectivity index (χ1n) is 6.91. The molecule has 0 saturated heterocycles. The molecule has 0 unspecified atom stereocenters. The number of hydrogen-bond donors (Lipinski definition) is 2. The first kappa shape index (κ1) is 17.7.